The summed E-state index contributed by atoms with van der Waals surface area (Å²) in [5.41, 5.74) is 3.66. The van der Waals surface area contributed by atoms with Gasteiger partial charge in [0.25, 0.3) is 5.91 Å². The lowest BCUT2D eigenvalue weighted by atomic mass is 10.1. The lowest BCUT2D eigenvalue weighted by Crippen LogP contribution is -2.29. The topological polar surface area (TPSA) is 78.5 Å². The molecule has 0 aliphatic carbocycles. The molecule has 6 heteroatoms. The maximum absolute atomic E-state index is 12.9. The highest BCUT2D eigenvalue weighted by Crippen LogP contribution is 2.27. The highest BCUT2D eigenvalue weighted by molar-refractivity contribution is 6.07. The molecule has 1 saturated heterocycles. The van der Waals surface area contributed by atoms with Crippen molar-refractivity contribution in [1.29, 1.82) is 0 Å². The van der Waals surface area contributed by atoms with Crippen LogP contribution in [0.15, 0.2) is 78.9 Å². The number of nitrogens with one attached hydrogen (secondary N) is 2. The van der Waals surface area contributed by atoms with Gasteiger partial charge < -0.3 is 15.5 Å². The van der Waals surface area contributed by atoms with Gasteiger partial charge in [-0.1, -0.05) is 54.6 Å². The van der Waals surface area contributed by atoms with Gasteiger partial charge in [-0.05, 0) is 42.3 Å². The molecule has 0 unspecified atom stereocenters. The number of hydrogen-bond acceptors (Lipinski definition) is 3. The number of anilines is 2. The first kappa shape index (κ1) is 21.3. The largest absolute Gasteiger partial charge is 0.348 e. The van der Waals surface area contributed by atoms with Crippen molar-refractivity contribution in [2.75, 3.05) is 16.8 Å². The number of rotatable bonds is 6. The van der Waals surface area contributed by atoms with E-state index in [4.69, 9.17) is 0 Å². The molecule has 3 amide bonds. The second kappa shape index (κ2) is 9.47. The van der Waals surface area contributed by atoms with Crippen molar-refractivity contribution in [3.8, 4) is 0 Å². The smallest absolute Gasteiger partial charge is 0.253 e. The lowest BCUT2D eigenvalue weighted by molar-refractivity contribution is -0.122. The van der Waals surface area contributed by atoms with Crippen molar-refractivity contribution in [1.82, 2.24) is 5.32 Å². The number of hydrogen-bond donors (Lipinski definition) is 2. The average molecular weight is 428 g/mol. The summed E-state index contributed by atoms with van der Waals surface area (Å²) in [6.45, 7) is 2.68. The van der Waals surface area contributed by atoms with Crippen molar-refractivity contribution in [2.45, 2.75) is 19.9 Å². The Morgan fingerprint density at radius 2 is 1.72 bits per heavy atom. The van der Waals surface area contributed by atoms with Crippen LogP contribution in [-0.2, 0) is 16.1 Å². The van der Waals surface area contributed by atoms with E-state index in [1.807, 2.05) is 61.5 Å². The van der Waals surface area contributed by atoms with E-state index in [2.05, 4.69) is 10.6 Å². The summed E-state index contributed by atoms with van der Waals surface area (Å²) in [5.74, 6) is -1.10. The number of nitrogens with zero attached hydrogens (tertiary/aromatic N) is 1. The Bertz CT molecular complexity index is 1140. The number of benzene rings is 3. The minimum atomic E-state index is -0.483. The van der Waals surface area contributed by atoms with Gasteiger partial charge in [-0.2, -0.15) is 0 Å². The second-order valence-corrected chi connectivity index (χ2v) is 7.95. The number of carbonyl (C=O) groups excluding carboxylic acids is 3. The standard InChI is InChI=1S/C26H25N3O3/c1-18-8-7-11-21(14-18)29-17-20(15-24(29)30)25(31)28-23-13-6-5-12-22(23)26(32)27-16-19-9-3-2-4-10-19/h2-14,20H,15-17H2,1H3,(H,27,32)(H,28,31)/t20-/m1/s1. The van der Waals surface area contributed by atoms with E-state index >= 15 is 0 Å². The summed E-state index contributed by atoms with van der Waals surface area (Å²) in [6, 6.07) is 24.2. The van der Waals surface area contributed by atoms with Crippen LogP contribution >= 0.6 is 0 Å². The van der Waals surface area contributed by atoms with Gasteiger partial charge >= 0.3 is 0 Å². The van der Waals surface area contributed by atoms with Crippen LogP contribution < -0.4 is 15.5 Å². The molecule has 0 bridgehead atoms. The van der Waals surface area contributed by atoms with Crippen LogP contribution in [0.3, 0.4) is 0 Å². The van der Waals surface area contributed by atoms with E-state index in [1.165, 1.54) is 0 Å². The Morgan fingerprint density at radius 3 is 2.50 bits per heavy atom. The third kappa shape index (κ3) is 4.86. The van der Waals surface area contributed by atoms with Crippen LogP contribution in [0.2, 0.25) is 0 Å². The molecule has 6 nitrogen and oxygen atoms in total. The molecule has 0 spiro atoms. The average Bonchev–Trinajstić information content (AvgIpc) is 3.20. The molecule has 162 valence electrons. The minimum absolute atomic E-state index is 0.0790. The highest BCUT2D eigenvalue weighted by atomic mass is 16.2. The minimum Gasteiger partial charge on any atom is -0.348 e. The molecule has 3 aromatic rings. The maximum Gasteiger partial charge on any atom is 0.253 e. The van der Waals surface area contributed by atoms with Gasteiger partial charge in [0.05, 0.1) is 17.2 Å². The Kier molecular flexibility index (Phi) is 6.31. The molecule has 1 atom stereocenters. The van der Waals surface area contributed by atoms with E-state index < -0.39 is 5.92 Å². The van der Waals surface area contributed by atoms with E-state index in [9.17, 15) is 14.4 Å². The number of para-hydroxylation sites is 1. The van der Waals surface area contributed by atoms with Crippen LogP contribution in [0.1, 0.15) is 27.9 Å². The molecule has 0 radical (unpaired) electrons. The number of aryl methyl sites for hydroxylation is 1. The maximum atomic E-state index is 12.9. The third-order valence-corrected chi connectivity index (χ3v) is 5.53. The fourth-order valence-corrected chi connectivity index (χ4v) is 3.83. The fraction of sp³-hybridized carbons (Fsp3) is 0.192. The molecule has 1 aliphatic rings. The number of carbonyl (C=O) groups is 3. The van der Waals surface area contributed by atoms with Gasteiger partial charge in [0, 0.05) is 25.2 Å². The third-order valence-electron chi connectivity index (χ3n) is 5.53. The van der Waals surface area contributed by atoms with Gasteiger partial charge in [0.15, 0.2) is 0 Å². The summed E-state index contributed by atoms with van der Waals surface area (Å²) in [7, 11) is 0. The first-order valence-corrected chi connectivity index (χ1v) is 10.6. The van der Waals surface area contributed by atoms with Crippen molar-refractivity contribution in [2.24, 2.45) is 5.92 Å². The quantitative estimate of drug-likeness (QED) is 0.626. The monoisotopic (exact) mass is 427 g/mol. The highest BCUT2D eigenvalue weighted by Gasteiger charge is 2.35. The van der Waals surface area contributed by atoms with Crippen LogP contribution in [-0.4, -0.2) is 24.3 Å². The van der Waals surface area contributed by atoms with Crippen LogP contribution in [0, 0.1) is 12.8 Å². The Balaban J connectivity index is 1.42. The molecular formula is C26H25N3O3. The molecule has 0 saturated carbocycles. The molecule has 1 heterocycles. The van der Waals surface area contributed by atoms with Crippen molar-refractivity contribution in [3.63, 3.8) is 0 Å². The van der Waals surface area contributed by atoms with Gasteiger partial charge in [0.1, 0.15) is 0 Å². The lowest BCUT2D eigenvalue weighted by Gasteiger charge is -2.17. The molecule has 4 rings (SSSR count). The van der Waals surface area contributed by atoms with Gasteiger partial charge in [-0.3, -0.25) is 14.4 Å². The zero-order chi connectivity index (χ0) is 22.5. The molecule has 1 aliphatic heterocycles. The van der Waals surface area contributed by atoms with Crippen molar-refractivity contribution in [3.05, 3.63) is 95.6 Å². The van der Waals surface area contributed by atoms with Crippen molar-refractivity contribution < 1.29 is 14.4 Å². The molecule has 32 heavy (non-hydrogen) atoms. The Hall–Kier alpha value is -3.93. The van der Waals surface area contributed by atoms with Crippen LogP contribution in [0.5, 0.6) is 0 Å². The zero-order valence-corrected chi connectivity index (χ0v) is 17.9. The molecule has 2 N–H and O–H groups in total. The number of amides is 3. The van der Waals surface area contributed by atoms with E-state index in [-0.39, 0.29) is 24.1 Å². The molecule has 3 aromatic carbocycles. The van der Waals surface area contributed by atoms with Crippen molar-refractivity contribution >= 4 is 29.1 Å². The summed E-state index contributed by atoms with van der Waals surface area (Å²) < 4.78 is 0. The summed E-state index contributed by atoms with van der Waals surface area (Å²) in [6.07, 6.45) is 0.141. The van der Waals surface area contributed by atoms with Crippen LogP contribution in [0.25, 0.3) is 0 Å². The van der Waals surface area contributed by atoms with Gasteiger partial charge in [-0.15, -0.1) is 0 Å². The Labute approximate surface area is 187 Å². The molecular weight excluding hydrogens is 402 g/mol. The summed E-state index contributed by atoms with van der Waals surface area (Å²) in [4.78, 5) is 39.9. The Morgan fingerprint density at radius 1 is 0.969 bits per heavy atom. The van der Waals surface area contributed by atoms with Gasteiger partial charge in [0.2, 0.25) is 11.8 Å². The van der Waals surface area contributed by atoms with E-state index in [0.717, 1.165) is 16.8 Å². The van der Waals surface area contributed by atoms with Gasteiger partial charge in [-0.25, -0.2) is 0 Å². The normalized spacial score (nSPS) is 15.5. The zero-order valence-electron chi connectivity index (χ0n) is 17.9. The summed E-state index contributed by atoms with van der Waals surface area (Å²) in [5, 5.41) is 5.74. The fourth-order valence-electron chi connectivity index (χ4n) is 3.83. The molecule has 0 aromatic heterocycles. The van der Waals surface area contributed by atoms with E-state index in [1.54, 1.807) is 29.2 Å². The first-order valence-electron chi connectivity index (χ1n) is 10.6. The predicted octanol–water partition coefficient (Wildman–Crippen LogP) is 3.92. The second-order valence-electron chi connectivity index (χ2n) is 7.95. The van der Waals surface area contributed by atoms with E-state index in [0.29, 0.717) is 24.3 Å². The molecule has 1 fully saturated rings. The SMILES string of the molecule is Cc1cccc(N2C[C@H](C(=O)Nc3ccccc3C(=O)NCc3ccccc3)CC2=O)c1. The first-order chi connectivity index (χ1) is 15.5. The summed E-state index contributed by atoms with van der Waals surface area (Å²) >= 11 is 0. The van der Waals surface area contributed by atoms with Crippen LogP contribution in [0.4, 0.5) is 11.4 Å². The predicted molar refractivity (Wildman–Crippen MR) is 124 cm³/mol.